The molecule has 0 bridgehead atoms. The lowest BCUT2D eigenvalue weighted by Gasteiger charge is -2.22. The van der Waals surface area contributed by atoms with Crippen molar-refractivity contribution >= 4 is 16.5 Å². The maximum absolute atomic E-state index is 4.63. The number of nitrogens with one attached hydrogen (secondary N) is 1. The predicted octanol–water partition coefficient (Wildman–Crippen LogP) is 3.44. The first kappa shape index (κ1) is 13.8. The van der Waals surface area contributed by atoms with Crippen LogP contribution < -0.4 is 10.2 Å². The van der Waals surface area contributed by atoms with Gasteiger partial charge in [-0.25, -0.2) is 4.98 Å². The molecule has 1 aliphatic carbocycles. The van der Waals surface area contributed by atoms with Gasteiger partial charge in [0.2, 0.25) is 0 Å². The van der Waals surface area contributed by atoms with Crippen molar-refractivity contribution in [1.82, 2.24) is 10.3 Å². The van der Waals surface area contributed by atoms with E-state index in [9.17, 15) is 0 Å². The second-order valence-electron chi connectivity index (χ2n) is 5.66. The topological polar surface area (TPSA) is 28.2 Å². The highest BCUT2D eigenvalue weighted by Crippen LogP contribution is 2.35. The van der Waals surface area contributed by atoms with Gasteiger partial charge in [0, 0.05) is 29.7 Å². The summed E-state index contributed by atoms with van der Waals surface area (Å²) in [5.41, 5.74) is 0. The minimum atomic E-state index is 0.405. The van der Waals surface area contributed by atoms with Crippen LogP contribution in [0.5, 0.6) is 0 Å². The lowest BCUT2D eigenvalue weighted by molar-refractivity contribution is 0.570. The summed E-state index contributed by atoms with van der Waals surface area (Å²) in [6.07, 6.45) is 5.97. The minimum absolute atomic E-state index is 0.405. The summed E-state index contributed by atoms with van der Waals surface area (Å²) in [5, 5.41) is 4.50. The molecular formula is C14H25N3S. The Balaban J connectivity index is 2.03. The highest BCUT2D eigenvalue weighted by Gasteiger charge is 2.30. The fraction of sp³-hybridized carbons (Fsp3) is 0.786. The average molecular weight is 267 g/mol. The Morgan fingerprint density at radius 3 is 2.72 bits per heavy atom. The summed E-state index contributed by atoms with van der Waals surface area (Å²) in [6.45, 7) is 7.93. The quantitative estimate of drug-likeness (QED) is 0.820. The van der Waals surface area contributed by atoms with E-state index in [4.69, 9.17) is 0 Å². The molecule has 0 amide bonds. The fourth-order valence-electron chi connectivity index (χ4n) is 1.97. The molecule has 18 heavy (non-hydrogen) atoms. The molecule has 1 aliphatic rings. The summed E-state index contributed by atoms with van der Waals surface area (Å²) < 4.78 is 0. The van der Waals surface area contributed by atoms with Gasteiger partial charge in [0.25, 0.3) is 0 Å². The van der Waals surface area contributed by atoms with E-state index in [0.717, 1.165) is 18.5 Å². The van der Waals surface area contributed by atoms with E-state index in [-0.39, 0.29) is 0 Å². The van der Waals surface area contributed by atoms with Crippen LogP contribution in [0.4, 0.5) is 5.13 Å². The first-order valence-corrected chi connectivity index (χ1v) is 7.83. The smallest absolute Gasteiger partial charge is 0.185 e. The molecule has 1 unspecified atom stereocenters. The van der Waals surface area contributed by atoms with Crippen molar-refractivity contribution in [2.75, 3.05) is 18.5 Å². The number of aromatic nitrogens is 1. The van der Waals surface area contributed by atoms with Crippen molar-refractivity contribution in [3.8, 4) is 0 Å². The Kier molecular flexibility index (Phi) is 4.62. The lowest BCUT2D eigenvalue weighted by Crippen LogP contribution is -2.27. The van der Waals surface area contributed by atoms with E-state index in [1.54, 1.807) is 0 Å². The number of anilines is 1. The van der Waals surface area contributed by atoms with Crippen LogP contribution in [0.2, 0.25) is 0 Å². The van der Waals surface area contributed by atoms with Crippen LogP contribution in [0.1, 0.15) is 51.0 Å². The third kappa shape index (κ3) is 3.45. The summed E-state index contributed by atoms with van der Waals surface area (Å²) in [5.74, 6) is 0.766. The molecule has 3 nitrogen and oxygen atoms in total. The first-order valence-electron chi connectivity index (χ1n) is 7.01. The largest absolute Gasteiger partial charge is 0.345 e. The van der Waals surface area contributed by atoms with E-state index in [0.29, 0.717) is 6.04 Å². The summed E-state index contributed by atoms with van der Waals surface area (Å²) >= 11 is 1.85. The van der Waals surface area contributed by atoms with Gasteiger partial charge in [-0.2, -0.15) is 0 Å². The molecule has 1 saturated carbocycles. The van der Waals surface area contributed by atoms with Crippen molar-refractivity contribution in [3.63, 3.8) is 0 Å². The van der Waals surface area contributed by atoms with Crippen molar-refractivity contribution in [1.29, 1.82) is 0 Å². The molecule has 2 rings (SSSR count). The Morgan fingerprint density at radius 1 is 1.44 bits per heavy atom. The molecule has 1 fully saturated rings. The standard InChI is InChI=1S/C14H25N3S/c1-10(2)7-8-17(12-5-6-12)14-16-9-13(18-14)11(3)15-4/h9-12,15H,5-8H2,1-4H3. The zero-order valence-corrected chi connectivity index (χ0v) is 12.8. The number of rotatable bonds is 7. The summed E-state index contributed by atoms with van der Waals surface area (Å²) in [6, 6.07) is 1.16. The van der Waals surface area contributed by atoms with Crippen LogP contribution >= 0.6 is 11.3 Å². The van der Waals surface area contributed by atoms with Gasteiger partial charge in [-0.1, -0.05) is 13.8 Å². The molecule has 0 aromatic carbocycles. The molecule has 1 aromatic heterocycles. The van der Waals surface area contributed by atoms with Crippen LogP contribution in [-0.4, -0.2) is 24.6 Å². The van der Waals surface area contributed by atoms with E-state index >= 15 is 0 Å². The maximum Gasteiger partial charge on any atom is 0.185 e. The molecular weight excluding hydrogens is 242 g/mol. The third-order valence-corrected chi connectivity index (χ3v) is 4.77. The van der Waals surface area contributed by atoms with Gasteiger partial charge in [-0.15, -0.1) is 11.3 Å². The average Bonchev–Trinajstić information content (AvgIpc) is 3.05. The van der Waals surface area contributed by atoms with Crippen LogP contribution in [0, 0.1) is 5.92 Å². The van der Waals surface area contributed by atoms with Crippen molar-refractivity contribution in [3.05, 3.63) is 11.1 Å². The predicted molar refractivity (Wildman–Crippen MR) is 79.4 cm³/mol. The molecule has 0 aliphatic heterocycles. The van der Waals surface area contributed by atoms with Gasteiger partial charge < -0.3 is 10.2 Å². The minimum Gasteiger partial charge on any atom is -0.345 e. The van der Waals surface area contributed by atoms with E-state index in [1.807, 2.05) is 24.6 Å². The van der Waals surface area contributed by atoms with E-state index < -0.39 is 0 Å². The molecule has 0 radical (unpaired) electrons. The molecule has 1 heterocycles. The Labute approximate surface area is 115 Å². The zero-order chi connectivity index (χ0) is 13.1. The normalized spacial score (nSPS) is 17.2. The van der Waals surface area contributed by atoms with Crippen LogP contribution in [-0.2, 0) is 0 Å². The highest BCUT2D eigenvalue weighted by atomic mass is 32.1. The van der Waals surface area contributed by atoms with Gasteiger partial charge in [0.1, 0.15) is 0 Å². The maximum atomic E-state index is 4.63. The van der Waals surface area contributed by atoms with E-state index in [2.05, 4.69) is 36.0 Å². The monoisotopic (exact) mass is 267 g/mol. The molecule has 1 aromatic rings. The number of hydrogen-bond donors (Lipinski definition) is 1. The Hall–Kier alpha value is -0.610. The number of thiazole rings is 1. The van der Waals surface area contributed by atoms with Crippen LogP contribution in [0.25, 0.3) is 0 Å². The molecule has 1 atom stereocenters. The second-order valence-corrected chi connectivity index (χ2v) is 6.70. The lowest BCUT2D eigenvalue weighted by atomic mass is 10.1. The van der Waals surface area contributed by atoms with E-state index in [1.165, 1.54) is 29.3 Å². The summed E-state index contributed by atoms with van der Waals surface area (Å²) in [7, 11) is 2.00. The molecule has 1 N–H and O–H groups in total. The van der Waals surface area contributed by atoms with Crippen molar-refractivity contribution < 1.29 is 0 Å². The van der Waals surface area contributed by atoms with Crippen LogP contribution in [0.15, 0.2) is 6.20 Å². The third-order valence-electron chi connectivity index (χ3n) is 3.55. The van der Waals surface area contributed by atoms with Gasteiger partial charge in [-0.3, -0.25) is 0 Å². The van der Waals surface area contributed by atoms with Crippen molar-refractivity contribution in [2.24, 2.45) is 5.92 Å². The summed E-state index contributed by atoms with van der Waals surface area (Å²) in [4.78, 5) is 8.49. The van der Waals surface area contributed by atoms with Gasteiger partial charge in [0.15, 0.2) is 5.13 Å². The zero-order valence-electron chi connectivity index (χ0n) is 11.9. The SMILES string of the molecule is CNC(C)c1cnc(N(CCC(C)C)C2CC2)s1. The van der Waals surface area contributed by atoms with Crippen molar-refractivity contribution in [2.45, 2.75) is 52.1 Å². The molecule has 0 spiro atoms. The second kappa shape index (κ2) is 6.02. The highest BCUT2D eigenvalue weighted by molar-refractivity contribution is 7.15. The molecule has 4 heteroatoms. The Morgan fingerprint density at radius 2 is 2.17 bits per heavy atom. The van der Waals surface area contributed by atoms with Gasteiger partial charge in [0.05, 0.1) is 0 Å². The number of nitrogens with zero attached hydrogens (tertiary/aromatic N) is 2. The molecule has 0 saturated heterocycles. The van der Waals surface area contributed by atoms with Gasteiger partial charge in [-0.05, 0) is 39.2 Å². The molecule has 102 valence electrons. The number of hydrogen-bond acceptors (Lipinski definition) is 4. The Bertz CT molecular complexity index is 371. The van der Waals surface area contributed by atoms with Gasteiger partial charge >= 0.3 is 0 Å². The first-order chi connectivity index (χ1) is 8.61. The fourth-order valence-corrected chi connectivity index (χ4v) is 3.04. The van der Waals surface area contributed by atoms with Crippen LogP contribution in [0.3, 0.4) is 0 Å².